The molecule has 0 bridgehead atoms. The first-order valence-electron chi connectivity index (χ1n) is 8.85. The minimum Gasteiger partial charge on any atom is -0.469 e. The molecule has 0 unspecified atom stereocenters. The van der Waals surface area contributed by atoms with E-state index in [1.807, 2.05) is 30.3 Å². The first kappa shape index (κ1) is 20.9. The molecule has 1 N–H and O–H groups in total. The first-order valence-corrected chi connectivity index (χ1v) is 9.77. The number of esters is 1. The Balaban J connectivity index is 1.97. The number of hydrazone groups is 1. The Bertz CT molecular complexity index is 974. The molecule has 3 rings (SSSR count). The van der Waals surface area contributed by atoms with Crippen molar-refractivity contribution < 1.29 is 14.3 Å². The van der Waals surface area contributed by atoms with Crippen molar-refractivity contribution in [2.45, 2.75) is 13.0 Å². The van der Waals surface area contributed by atoms with E-state index >= 15 is 0 Å². The van der Waals surface area contributed by atoms with Crippen LogP contribution in [0.4, 0.5) is 5.69 Å². The van der Waals surface area contributed by atoms with E-state index in [2.05, 4.69) is 10.4 Å². The summed E-state index contributed by atoms with van der Waals surface area (Å²) in [7, 11) is 1.28. The fraction of sp³-hybridized carbons (Fsp3) is 0.190. The Morgan fingerprint density at radius 3 is 2.48 bits per heavy atom. The van der Waals surface area contributed by atoms with Gasteiger partial charge in [-0.2, -0.15) is 10.1 Å². The molecule has 1 amide bonds. The normalized spacial score (nSPS) is 15.2. The fourth-order valence-corrected chi connectivity index (χ4v) is 3.32. The van der Waals surface area contributed by atoms with Crippen LogP contribution in [0.3, 0.4) is 0 Å². The van der Waals surface area contributed by atoms with Gasteiger partial charge in [0, 0.05) is 12.2 Å². The standard InChI is InChI=1S/C21H19Cl2N3O3/c1-29-19(27)11-16-20(17(12-22)24-13-14-7-3-2-4-8-14)21(28)26(25-16)18-10-6-5-9-15(18)23/h2-10,24H,11-13H2,1H3. The average Bonchev–Trinajstić information content (AvgIpc) is 3.05. The Labute approximate surface area is 178 Å². The summed E-state index contributed by atoms with van der Waals surface area (Å²) < 4.78 is 4.75. The summed E-state index contributed by atoms with van der Waals surface area (Å²) in [5.41, 5.74) is 2.46. The van der Waals surface area contributed by atoms with E-state index < -0.39 is 11.9 Å². The highest BCUT2D eigenvalue weighted by molar-refractivity contribution is 6.37. The predicted molar refractivity (Wildman–Crippen MR) is 114 cm³/mol. The number of nitrogens with zero attached hydrogens (tertiary/aromatic N) is 2. The summed E-state index contributed by atoms with van der Waals surface area (Å²) in [5.74, 6) is -0.870. The third-order valence-corrected chi connectivity index (χ3v) is 4.91. The number of hydrogen-bond donors (Lipinski definition) is 1. The van der Waals surface area contributed by atoms with Gasteiger partial charge in [-0.15, -0.1) is 11.6 Å². The van der Waals surface area contributed by atoms with Crippen molar-refractivity contribution in [3.8, 4) is 0 Å². The lowest BCUT2D eigenvalue weighted by Crippen LogP contribution is -2.27. The fourth-order valence-electron chi connectivity index (χ4n) is 2.88. The van der Waals surface area contributed by atoms with Crippen molar-refractivity contribution in [3.05, 3.63) is 76.5 Å². The number of anilines is 1. The Morgan fingerprint density at radius 2 is 1.83 bits per heavy atom. The molecule has 1 heterocycles. The smallest absolute Gasteiger partial charge is 0.311 e. The van der Waals surface area contributed by atoms with Crippen molar-refractivity contribution in [2.75, 3.05) is 18.0 Å². The van der Waals surface area contributed by atoms with Gasteiger partial charge in [0.25, 0.3) is 5.91 Å². The lowest BCUT2D eigenvalue weighted by atomic mass is 10.1. The second-order valence-electron chi connectivity index (χ2n) is 6.19. The number of carbonyl (C=O) groups is 2. The summed E-state index contributed by atoms with van der Waals surface area (Å²) in [5, 5.41) is 9.11. The topological polar surface area (TPSA) is 71.0 Å². The molecule has 29 heavy (non-hydrogen) atoms. The lowest BCUT2D eigenvalue weighted by Gasteiger charge is -2.15. The van der Waals surface area contributed by atoms with Gasteiger partial charge in [-0.25, -0.2) is 0 Å². The number of halogens is 2. The van der Waals surface area contributed by atoms with E-state index in [1.54, 1.807) is 24.3 Å². The van der Waals surface area contributed by atoms with Crippen LogP contribution in [-0.4, -0.2) is 30.6 Å². The number of ether oxygens (including phenoxy) is 1. The molecular weight excluding hydrogens is 413 g/mol. The van der Waals surface area contributed by atoms with E-state index in [-0.39, 0.29) is 23.6 Å². The summed E-state index contributed by atoms with van der Waals surface area (Å²) in [6.07, 6.45) is -0.161. The molecule has 0 saturated carbocycles. The number of allylic oxidation sites excluding steroid dienone is 1. The van der Waals surface area contributed by atoms with Crippen molar-refractivity contribution in [2.24, 2.45) is 5.10 Å². The van der Waals surface area contributed by atoms with Gasteiger partial charge in [0.2, 0.25) is 0 Å². The Morgan fingerprint density at radius 1 is 1.14 bits per heavy atom. The van der Waals surface area contributed by atoms with Crippen LogP contribution >= 0.6 is 23.2 Å². The highest BCUT2D eigenvalue weighted by atomic mass is 35.5. The van der Waals surface area contributed by atoms with Crippen molar-refractivity contribution in [1.82, 2.24) is 5.32 Å². The second kappa shape index (κ2) is 9.58. The molecule has 0 spiro atoms. The van der Waals surface area contributed by atoms with Gasteiger partial charge >= 0.3 is 5.97 Å². The van der Waals surface area contributed by atoms with Crippen molar-refractivity contribution in [3.63, 3.8) is 0 Å². The van der Waals surface area contributed by atoms with Gasteiger partial charge in [0.1, 0.15) is 0 Å². The zero-order chi connectivity index (χ0) is 20.8. The number of rotatable bonds is 7. The molecule has 0 aliphatic carbocycles. The SMILES string of the molecule is COC(=O)CC1=NN(c2ccccc2Cl)C(=O)C1=C(CCl)NCc1ccccc1. The van der Waals surface area contributed by atoms with E-state index in [0.29, 0.717) is 23.0 Å². The number of amides is 1. The predicted octanol–water partition coefficient (Wildman–Crippen LogP) is 3.89. The van der Waals surface area contributed by atoms with Crippen molar-refractivity contribution >= 4 is 46.5 Å². The first-order chi connectivity index (χ1) is 14.0. The highest BCUT2D eigenvalue weighted by Gasteiger charge is 2.35. The average molecular weight is 432 g/mol. The number of methoxy groups -OCH3 is 1. The van der Waals surface area contributed by atoms with Crippen LogP contribution in [0.15, 0.2) is 71.0 Å². The molecule has 150 valence electrons. The third-order valence-electron chi connectivity index (χ3n) is 4.32. The lowest BCUT2D eigenvalue weighted by molar-refractivity contribution is -0.139. The van der Waals surface area contributed by atoms with Crippen LogP contribution in [0.5, 0.6) is 0 Å². The zero-order valence-electron chi connectivity index (χ0n) is 15.7. The van der Waals surface area contributed by atoms with E-state index in [1.165, 1.54) is 12.1 Å². The van der Waals surface area contributed by atoms with E-state index in [4.69, 9.17) is 27.9 Å². The molecule has 0 atom stereocenters. The Hall–Kier alpha value is -2.83. The van der Waals surface area contributed by atoms with Gasteiger partial charge in [-0.05, 0) is 17.7 Å². The molecule has 2 aromatic carbocycles. The summed E-state index contributed by atoms with van der Waals surface area (Å²) in [6.45, 7) is 0.470. The molecule has 2 aromatic rings. The minimum absolute atomic E-state index is 0.0461. The molecule has 0 fully saturated rings. The molecule has 8 heteroatoms. The van der Waals surface area contributed by atoms with Crippen LogP contribution in [0.1, 0.15) is 12.0 Å². The quantitative estimate of drug-likeness (QED) is 0.410. The Kier molecular flexibility index (Phi) is 6.90. The monoisotopic (exact) mass is 431 g/mol. The molecule has 0 aromatic heterocycles. The van der Waals surface area contributed by atoms with Gasteiger partial charge < -0.3 is 10.1 Å². The van der Waals surface area contributed by atoms with Crippen LogP contribution in [0.25, 0.3) is 0 Å². The van der Waals surface area contributed by atoms with Crippen LogP contribution in [0.2, 0.25) is 5.02 Å². The van der Waals surface area contributed by atoms with Crippen LogP contribution in [0, 0.1) is 0 Å². The van der Waals surface area contributed by atoms with Gasteiger partial charge in [0.05, 0.1) is 41.4 Å². The van der Waals surface area contributed by atoms with Crippen LogP contribution in [-0.2, 0) is 20.9 Å². The molecule has 6 nitrogen and oxygen atoms in total. The van der Waals surface area contributed by atoms with E-state index in [9.17, 15) is 9.59 Å². The number of nitrogens with one attached hydrogen (secondary N) is 1. The molecular formula is C21H19Cl2N3O3. The highest BCUT2D eigenvalue weighted by Crippen LogP contribution is 2.31. The van der Waals surface area contributed by atoms with Gasteiger partial charge in [-0.1, -0.05) is 54.1 Å². The second-order valence-corrected chi connectivity index (χ2v) is 6.87. The maximum atomic E-state index is 13.2. The van der Waals surface area contributed by atoms with Crippen LogP contribution < -0.4 is 10.3 Å². The maximum Gasteiger partial charge on any atom is 0.311 e. The number of benzene rings is 2. The summed E-state index contributed by atoms with van der Waals surface area (Å²) >= 11 is 12.4. The third kappa shape index (κ3) is 4.78. The summed E-state index contributed by atoms with van der Waals surface area (Å²) in [4.78, 5) is 25.1. The molecule has 1 aliphatic heterocycles. The number of hydrogen-bond acceptors (Lipinski definition) is 5. The summed E-state index contributed by atoms with van der Waals surface area (Å²) in [6, 6.07) is 16.5. The van der Waals surface area contributed by atoms with Crippen molar-refractivity contribution in [1.29, 1.82) is 0 Å². The minimum atomic E-state index is -0.507. The van der Waals surface area contributed by atoms with Gasteiger partial charge in [0.15, 0.2) is 0 Å². The molecule has 0 radical (unpaired) electrons. The number of carbonyl (C=O) groups excluding carboxylic acids is 2. The number of para-hydroxylation sites is 1. The van der Waals surface area contributed by atoms with E-state index in [0.717, 1.165) is 5.56 Å². The largest absolute Gasteiger partial charge is 0.469 e. The molecule has 0 saturated heterocycles. The van der Waals surface area contributed by atoms with Gasteiger partial charge in [-0.3, -0.25) is 9.59 Å². The zero-order valence-corrected chi connectivity index (χ0v) is 17.2. The maximum absolute atomic E-state index is 13.2. The molecule has 1 aliphatic rings. The number of alkyl halides is 1.